The summed E-state index contributed by atoms with van der Waals surface area (Å²) in [4.78, 5) is 11.0. The van der Waals surface area contributed by atoms with Crippen molar-refractivity contribution in [2.45, 2.75) is 0 Å². The predicted molar refractivity (Wildman–Crippen MR) is 49.4 cm³/mol. The Hall–Kier alpha value is 0.240. The van der Waals surface area contributed by atoms with E-state index in [1.54, 1.807) is 0 Å². The molecule has 0 amide bonds. The van der Waals surface area contributed by atoms with Gasteiger partial charge in [0.1, 0.15) is 4.34 Å². The van der Waals surface area contributed by atoms with Crippen LogP contribution in [0.5, 0.6) is 0 Å². The Morgan fingerprint density at radius 1 is 1.55 bits per heavy atom. The van der Waals surface area contributed by atoms with Crippen molar-refractivity contribution in [3.8, 4) is 0 Å². The molecule has 0 N–H and O–H groups in total. The maximum atomic E-state index is 11.0. The lowest BCUT2D eigenvalue weighted by Crippen LogP contribution is -1.97. The zero-order valence-corrected chi connectivity index (χ0v) is 8.32. The van der Waals surface area contributed by atoms with E-state index in [4.69, 9.17) is 34.8 Å². The first kappa shape index (κ1) is 9.33. The molecular formula is C6H3Cl3OS. The van der Waals surface area contributed by atoms with Gasteiger partial charge in [-0.1, -0.05) is 23.2 Å². The first-order valence-corrected chi connectivity index (χ1v) is 4.80. The van der Waals surface area contributed by atoms with Crippen molar-refractivity contribution in [2.24, 2.45) is 0 Å². The van der Waals surface area contributed by atoms with Gasteiger partial charge in [0.25, 0.3) is 0 Å². The Labute approximate surface area is 82.9 Å². The Morgan fingerprint density at radius 2 is 2.18 bits per heavy atom. The topological polar surface area (TPSA) is 17.1 Å². The second-order valence-electron chi connectivity index (χ2n) is 1.79. The molecule has 0 unspecified atom stereocenters. The summed E-state index contributed by atoms with van der Waals surface area (Å²) in [7, 11) is 0. The fraction of sp³-hybridized carbons (Fsp3) is 0.167. The van der Waals surface area contributed by atoms with Gasteiger partial charge in [-0.15, -0.1) is 22.9 Å². The van der Waals surface area contributed by atoms with Crippen LogP contribution in [0.2, 0.25) is 8.67 Å². The molecule has 0 saturated carbocycles. The molecule has 0 aliphatic carbocycles. The Kier molecular flexibility index (Phi) is 3.19. The number of alkyl halides is 1. The highest BCUT2D eigenvalue weighted by Crippen LogP contribution is 2.31. The SMILES string of the molecule is O=C(CCl)c1cc(Cl)sc1Cl. The summed E-state index contributed by atoms with van der Waals surface area (Å²) in [6.45, 7) is 0. The molecule has 0 saturated heterocycles. The summed E-state index contributed by atoms with van der Waals surface area (Å²) in [5.74, 6) is -0.257. The highest BCUT2D eigenvalue weighted by atomic mass is 35.5. The van der Waals surface area contributed by atoms with E-state index in [-0.39, 0.29) is 11.7 Å². The third-order valence-electron chi connectivity index (χ3n) is 1.08. The first-order chi connectivity index (χ1) is 5.15. The molecule has 0 atom stereocenters. The van der Waals surface area contributed by atoms with Crippen molar-refractivity contribution in [3.63, 3.8) is 0 Å². The maximum Gasteiger partial charge on any atom is 0.179 e. The molecule has 11 heavy (non-hydrogen) atoms. The van der Waals surface area contributed by atoms with E-state index in [9.17, 15) is 4.79 Å². The normalized spacial score (nSPS) is 10.1. The van der Waals surface area contributed by atoms with E-state index >= 15 is 0 Å². The van der Waals surface area contributed by atoms with Crippen molar-refractivity contribution >= 4 is 51.9 Å². The highest BCUT2D eigenvalue weighted by molar-refractivity contribution is 7.20. The first-order valence-electron chi connectivity index (χ1n) is 2.69. The third-order valence-corrected chi connectivity index (χ3v) is 2.81. The van der Waals surface area contributed by atoms with E-state index in [0.717, 1.165) is 11.3 Å². The molecule has 60 valence electrons. The van der Waals surface area contributed by atoms with Gasteiger partial charge in [0, 0.05) is 5.56 Å². The number of rotatable bonds is 2. The van der Waals surface area contributed by atoms with E-state index in [0.29, 0.717) is 14.2 Å². The number of halogens is 3. The molecule has 0 aliphatic rings. The number of hydrogen-bond donors (Lipinski definition) is 0. The fourth-order valence-electron chi connectivity index (χ4n) is 0.602. The summed E-state index contributed by atoms with van der Waals surface area (Å²) in [6, 6.07) is 1.53. The molecule has 1 rings (SSSR count). The standard InChI is InChI=1S/C6H3Cl3OS/c7-2-4(10)3-1-5(8)11-6(3)9/h1H,2H2. The van der Waals surface area contributed by atoms with Gasteiger partial charge in [0.15, 0.2) is 5.78 Å². The largest absolute Gasteiger partial charge is 0.293 e. The molecule has 5 heteroatoms. The van der Waals surface area contributed by atoms with E-state index in [2.05, 4.69) is 0 Å². The summed E-state index contributed by atoms with van der Waals surface area (Å²) < 4.78 is 0.907. The lowest BCUT2D eigenvalue weighted by molar-refractivity contribution is 0.102. The summed E-state index contributed by atoms with van der Waals surface area (Å²) in [5, 5.41) is 0. The molecule has 0 aromatic carbocycles. The van der Waals surface area contributed by atoms with E-state index in [1.165, 1.54) is 6.07 Å². The Bertz CT molecular complexity index is 281. The van der Waals surface area contributed by atoms with Crippen LogP contribution in [-0.4, -0.2) is 11.7 Å². The van der Waals surface area contributed by atoms with Gasteiger partial charge in [0.05, 0.1) is 10.2 Å². The van der Waals surface area contributed by atoms with Crippen molar-refractivity contribution in [1.82, 2.24) is 0 Å². The molecule has 0 radical (unpaired) electrons. The third kappa shape index (κ3) is 2.09. The van der Waals surface area contributed by atoms with Gasteiger partial charge in [-0.05, 0) is 6.07 Å². The molecule has 0 bridgehead atoms. The molecule has 1 aromatic heterocycles. The van der Waals surface area contributed by atoms with Crippen LogP contribution in [0.4, 0.5) is 0 Å². The average molecular weight is 230 g/mol. The van der Waals surface area contributed by atoms with E-state index in [1.807, 2.05) is 0 Å². The second-order valence-corrected chi connectivity index (χ2v) is 4.35. The minimum atomic E-state index is -0.195. The van der Waals surface area contributed by atoms with Crippen LogP contribution in [0.15, 0.2) is 6.07 Å². The van der Waals surface area contributed by atoms with Crippen molar-refractivity contribution in [3.05, 3.63) is 20.3 Å². The van der Waals surface area contributed by atoms with Gasteiger partial charge in [-0.3, -0.25) is 4.79 Å². The predicted octanol–water partition coefficient (Wildman–Crippen LogP) is 3.48. The average Bonchev–Trinajstić information content (AvgIpc) is 2.28. The monoisotopic (exact) mass is 228 g/mol. The van der Waals surface area contributed by atoms with Crippen LogP contribution in [0.1, 0.15) is 10.4 Å². The van der Waals surface area contributed by atoms with Crippen LogP contribution in [0, 0.1) is 0 Å². The molecule has 0 aliphatic heterocycles. The lowest BCUT2D eigenvalue weighted by Gasteiger charge is -1.89. The van der Waals surface area contributed by atoms with Crippen LogP contribution in [0.25, 0.3) is 0 Å². The number of carbonyl (C=O) groups excluding carboxylic acids is 1. The van der Waals surface area contributed by atoms with Crippen LogP contribution < -0.4 is 0 Å². The van der Waals surface area contributed by atoms with Gasteiger partial charge < -0.3 is 0 Å². The van der Waals surface area contributed by atoms with E-state index < -0.39 is 0 Å². The number of carbonyl (C=O) groups is 1. The smallest absolute Gasteiger partial charge is 0.179 e. The summed E-state index contributed by atoms with van der Waals surface area (Å²) in [6.07, 6.45) is 0. The lowest BCUT2D eigenvalue weighted by atomic mass is 10.2. The van der Waals surface area contributed by atoms with Crippen molar-refractivity contribution < 1.29 is 4.79 Å². The minimum absolute atomic E-state index is 0.0627. The zero-order valence-electron chi connectivity index (χ0n) is 5.23. The van der Waals surface area contributed by atoms with Gasteiger partial charge in [-0.2, -0.15) is 0 Å². The summed E-state index contributed by atoms with van der Waals surface area (Å²) >= 11 is 17.8. The number of ketones is 1. The minimum Gasteiger partial charge on any atom is -0.293 e. The summed E-state index contributed by atoms with van der Waals surface area (Å²) in [5.41, 5.74) is 0.414. The number of thiophene rings is 1. The molecule has 0 spiro atoms. The van der Waals surface area contributed by atoms with Gasteiger partial charge in [0.2, 0.25) is 0 Å². The van der Waals surface area contributed by atoms with Gasteiger partial charge >= 0.3 is 0 Å². The Balaban J connectivity index is 3.03. The fourth-order valence-corrected chi connectivity index (χ4v) is 2.25. The van der Waals surface area contributed by atoms with Crippen LogP contribution in [-0.2, 0) is 0 Å². The van der Waals surface area contributed by atoms with Crippen molar-refractivity contribution in [1.29, 1.82) is 0 Å². The molecule has 0 fully saturated rings. The van der Waals surface area contributed by atoms with Gasteiger partial charge in [-0.25, -0.2) is 0 Å². The molecule has 1 aromatic rings. The highest BCUT2D eigenvalue weighted by Gasteiger charge is 2.12. The molecular weight excluding hydrogens is 226 g/mol. The quantitative estimate of drug-likeness (QED) is 0.560. The van der Waals surface area contributed by atoms with Crippen LogP contribution in [0.3, 0.4) is 0 Å². The van der Waals surface area contributed by atoms with Crippen LogP contribution >= 0.6 is 46.1 Å². The second kappa shape index (κ2) is 3.76. The maximum absolute atomic E-state index is 11.0. The van der Waals surface area contributed by atoms with Crippen molar-refractivity contribution in [2.75, 3.05) is 5.88 Å². The zero-order chi connectivity index (χ0) is 8.43. The number of Topliss-reactive ketones (excluding diaryl/α,β-unsaturated/α-hetero) is 1. The molecule has 1 heterocycles. The number of hydrogen-bond acceptors (Lipinski definition) is 2. The molecule has 1 nitrogen and oxygen atoms in total. The Morgan fingerprint density at radius 3 is 2.55 bits per heavy atom.